The highest BCUT2D eigenvalue weighted by molar-refractivity contribution is 5.89. The van der Waals surface area contributed by atoms with Crippen molar-refractivity contribution in [1.29, 1.82) is 0 Å². The van der Waals surface area contributed by atoms with Gasteiger partial charge in [0, 0.05) is 18.7 Å². The molecule has 2 amide bonds. The Bertz CT molecular complexity index is 698. The minimum atomic E-state index is -0.746. The highest BCUT2D eigenvalue weighted by Crippen LogP contribution is 2.28. The Hall–Kier alpha value is -2.53. The van der Waals surface area contributed by atoms with E-state index in [1.807, 2.05) is 49.4 Å². The van der Waals surface area contributed by atoms with Crippen LogP contribution in [-0.4, -0.2) is 24.3 Å². The third-order valence-corrected chi connectivity index (χ3v) is 3.86. The number of benzene rings is 2. The molecule has 0 bridgehead atoms. The summed E-state index contributed by atoms with van der Waals surface area (Å²) in [6.07, 6.45) is 0.113. The van der Waals surface area contributed by atoms with E-state index in [4.69, 9.17) is 4.74 Å². The van der Waals surface area contributed by atoms with Crippen molar-refractivity contribution in [2.75, 3.05) is 18.5 Å². The van der Waals surface area contributed by atoms with Gasteiger partial charge in [-0.25, -0.2) is 4.79 Å². The molecular formula is C18H20N2O3. The molecule has 0 aromatic heterocycles. The molecule has 0 saturated heterocycles. The fourth-order valence-corrected chi connectivity index (χ4v) is 2.53. The van der Waals surface area contributed by atoms with Gasteiger partial charge in [0.1, 0.15) is 5.75 Å². The third-order valence-electron chi connectivity index (χ3n) is 3.86. The predicted octanol–water partition coefficient (Wildman–Crippen LogP) is 2.79. The van der Waals surface area contributed by atoms with Crippen LogP contribution in [-0.2, 0) is 6.42 Å². The average molecular weight is 312 g/mol. The van der Waals surface area contributed by atoms with Gasteiger partial charge in [-0.2, -0.15) is 0 Å². The summed E-state index contributed by atoms with van der Waals surface area (Å²) in [5, 5.41) is 15.6. The van der Waals surface area contributed by atoms with E-state index < -0.39 is 6.10 Å². The van der Waals surface area contributed by atoms with Crippen LogP contribution >= 0.6 is 0 Å². The Labute approximate surface area is 135 Å². The first-order chi connectivity index (χ1) is 11.1. The van der Waals surface area contributed by atoms with Crippen LogP contribution in [0.3, 0.4) is 0 Å². The Morgan fingerprint density at radius 3 is 2.83 bits per heavy atom. The molecule has 0 fully saturated rings. The monoisotopic (exact) mass is 312 g/mol. The van der Waals surface area contributed by atoms with E-state index in [1.165, 1.54) is 0 Å². The first-order valence-corrected chi connectivity index (χ1v) is 7.67. The number of ether oxygens (including phenoxy) is 1. The molecule has 0 saturated carbocycles. The van der Waals surface area contributed by atoms with Crippen molar-refractivity contribution in [1.82, 2.24) is 5.32 Å². The van der Waals surface area contributed by atoms with Gasteiger partial charge in [0.15, 0.2) is 0 Å². The quantitative estimate of drug-likeness (QED) is 0.813. The lowest BCUT2D eigenvalue weighted by atomic mass is 10.0. The van der Waals surface area contributed by atoms with Gasteiger partial charge in [-0.15, -0.1) is 0 Å². The van der Waals surface area contributed by atoms with Crippen molar-refractivity contribution in [2.45, 2.75) is 19.4 Å². The number of aliphatic hydroxyl groups excluding tert-OH is 1. The maximum Gasteiger partial charge on any atom is 0.319 e. The molecular weight excluding hydrogens is 292 g/mol. The molecule has 1 aliphatic rings. The molecule has 2 aromatic rings. The first kappa shape index (κ1) is 15.4. The number of hydrogen-bond acceptors (Lipinski definition) is 3. The van der Waals surface area contributed by atoms with E-state index in [2.05, 4.69) is 10.6 Å². The Kier molecular flexibility index (Phi) is 4.48. The zero-order valence-corrected chi connectivity index (χ0v) is 13.0. The van der Waals surface area contributed by atoms with Gasteiger partial charge < -0.3 is 20.5 Å². The molecule has 1 aliphatic heterocycles. The smallest absolute Gasteiger partial charge is 0.319 e. The number of hydrogen-bond donors (Lipinski definition) is 3. The van der Waals surface area contributed by atoms with E-state index in [-0.39, 0.29) is 12.6 Å². The normalized spacial score (nSPS) is 13.8. The molecule has 3 rings (SSSR count). The van der Waals surface area contributed by atoms with Crippen LogP contribution < -0.4 is 15.4 Å². The van der Waals surface area contributed by atoms with Crippen LogP contribution in [0.25, 0.3) is 0 Å². The van der Waals surface area contributed by atoms with Crippen molar-refractivity contribution in [3.05, 3.63) is 59.2 Å². The van der Waals surface area contributed by atoms with Crippen molar-refractivity contribution in [3.8, 4) is 5.75 Å². The number of amides is 2. The molecule has 5 nitrogen and oxygen atoms in total. The summed E-state index contributed by atoms with van der Waals surface area (Å²) in [7, 11) is 0. The topological polar surface area (TPSA) is 70.6 Å². The maximum absolute atomic E-state index is 11.9. The number of aryl methyl sites for hydroxylation is 1. The fraction of sp³-hybridized carbons (Fsp3) is 0.278. The van der Waals surface area contributed by atoms with E-state index in [9.17, 15) is 9.90 Å². The number of fused-ring (bicyclic) bond motifs is 1. The zero-order chi connectivity index (χ0) is 16.2. The first-order valence-electron chi connectivity index (χ1n) is 7.67. The second kappa shape index (κ2) is 6.71. The Balaban J connectivity index is 1.53. The van der Waals surface area contributed by atoms with Crippen molar-refractivity contribution in [3.63, 3.8) is 0 Å². The van der Waals surface area contributed by atoms with Crippen LogP contribution in [0.4, 0.5) is 10.5 Å². The second-order valence-electron chi connectivity index (χ2n) is 5.68. The van der Waals surface area contributed by atoms with E-state index in [0.29, 0.717) is 6.61 Å². The minimum absolute atomic E-state index is 0.150. The van der Waals surface area contributed by atoms with Crippen LogP contribution in [0.5, 0.6) is 5.75 Å². The summed E-state index contributed by atoms with van der Waals surface area (Å²) < 4.78 is 5.44. The van der Waals surface area contributed by atoms with Gasteiger partial charge in [0.25, 0.3) is 0 Å². The van der Waals surface area contributed by atoms with E-state index >= 15 is 0 Å². The van der Waals surface area contributed by atoms with Gasteiger partial charge in [-0.3, -0.25) is 0 Å². The Morgan fingerprint density at radius 2 is 2.04 bits per heavy atom. The lowest BCUT2D eigenvalue weighted by molar-refractivity contribution is 0.175. The van der Waals surface area contributed by atoms with Crippen molar-refractivity contribution < 1.29 is 14.6 Å². The summed E-state index contributed by atoms with van der Waals surface area (Å²) in [4.78, 5) is 11.9. The molecule has 120 valence electrons. The lowest BCUT2D eigenvalue weighted by Gasteiger charge is -2.14. The lowest BCUT2D eigenvalue weighted by Crippen LogP contribution is -2.32. The second-order valence-corrected chi connectivity index (χ2v) is 5.68. The maximum atomic E-state index is 11.9. The molecule has 5 heteroatoms. The molecule has 2 aromatic carbocycles. The minimum Gasteiger partial charge on any atom is -0.493 e. The molecule has 0 spiro atoms. The molecule has 1 heterocycles. The number of nitrogens with one attached hydrogen (secondary N) is 2. The summed E-state index contributed by atoms with van der Waals surface area (Å²) >= 11 is 0. The average Bonchev–Trinajstić information content (AvgIpc) is 3.02. The van der Waals surface area contributed by atoms with Gasteiger partial charge in [0.2, 0.25) is 0 Å². The summed E-state index contributed by atoms with van der Waals surface area (Å²) in [6.45, 7) is 2.82. The van der Waals surface area contributed by atoms with Crippen LogP contribution in [0.2, 0.25) is 0 Å². The number of aliphatic hydroxyl groups is 1. The van der Waals surface area contributed by atoms with Gasteiger partial charge >= 0.3 is 6.03 Å². The molecule has 1 atom stereocenters. The predicted molar refractivity (Wildman–Crippen MR) is 88.8 cm³/mol. The number of carbonyl (C=O) groups is 1. The number of rotatable bonds is 4. The van der Waals surface area contributed by atoms with Gasteiger partial charge in [-0.05, 0) is 42.3 Å². The molecule has 23 heavy (non-hydrogen) atoms. The van der Waals surface area contributed by atoms with Crippen molar-refractivity contribution >= 4 is 11.7 Å². The molecule has 0 aliphatic carbocycles. The SMILES string of the molecule is Cc1ccc(NC(=O)NCC(O)c2ccc3c(c2)CCO3)cc1. The molecule has 0 radical (unpaired) electrons. The highest BCUT2D eigenvalue weighted by atomic mass is 16.5. The van der Waals surface area contributed by atoms with Gasteiger partial charge in [0.05, 0.1) is 12.7 Å². The Morgan fingerprint density at radius 1 is 1.26 bits per heavy atom. The molecule has 3 N–H and O–H groups in total. The number of anilines is 1. The van der Waals surface area contributed by atoms with Crippen LogP contribution in [0.1, 0.15) is 22.8 Å². The molecule has 1 unspecified atom stereocenters. The fourth-order valence-electron chi connectivity index (χ4n) is 2.53. The van der Waals surface area contributed by atoms with Crippen LogP contribution in [0.15, 0.2) is 42.5 Å². The van der Waals surface area contributed by atoms with Crippen molar-refractivity contribution in [2.24, 2.45) is 0 Å². The standard InChI is InChI=1S/C18H20N2O3/c1-12-2-5-15(6-3-12)20-18(22)19-11-16(21)13-4-7-17-14(10-13)8-9-23-17/h2-7,10,16,21H,8-9,11H2,1H3,(H2,19,20,22). The number of carbonyl (C=O) groups excluding carboxylic acids is 1. The largest absolute Gasteiger partial charge is 0.493 e. The number of urea groups is 1. The van der Waals surface area contributed by atoms with Crippen LogP contribution in [0, 0.1) is 6.92 Å². The zero-order valence-electron chi connectivity index (χ0n) is 13.0. The van der Waals surface area contributed by atoms with E-state index in [0.717, 1.165) is 34.5 Å². The summed E-state index contributed by atoms with van der Waals surface area (Å²) in [5.74, 6) is 0.881. The summed E-state index contributed by atoms with van der Waals surface area (Å²) in [6, 6.07) is 12.8. The van der Waals surface area contributed by atoms with E-state index in [1.54, 1.807) is 0 Å². The highest BCUT2D eigenvalue weighted by Gasteiger charge is 2.16. The van der Waals surface area contributed by atoms with Gasteiger partial charge in [-0.1, -0.05) is 23.8 Å². The summed E-state index contributed by atoms with van der Waals surface area (Å²) in [5.41, 5.74) is 3.74. The third kappa shape index (κ3) is 3.81.